The van der Waals surface area contributed by atoms with Gasteiger partial charge in [-0.25, -0.2) is 0 Å². The molecule has 0 aliphatic heterocycles. The van der Waals surface area contributed by atoms with Crippen LogP contribution in [-0.4, -0.2) is 59.6 Å². The van der Waals surface area contributed by atoms with E-state index in [1.54, 1.807) is 0 Å². The number of nitro groups is 1. The van der Waals surface area contributed by atoms with Gasteiger partial charge >= 0.3 is 5.69 Å². The Kier molecular flexibility index (Phi) is 4.43. The van der Waals surface area contributed by atoms with Crippen LogP contribution in [-0.2, 0) is 14.4 Å². The lowest BCUT2D eigenvalue weighted by Gasteiger charge is -2.50. The maximum absolute atomic E-state index is 13.4. The molecular formula is C20H18N2O10. The second kappa shape index (κ2) is 6.61. The van der Waals surface area contributed by atoms with Crippen LogP contribution in [0.4, 0.5) is 5.69 Å². The number of Topliss-reactive ketones (excluding diaryl/α,β-unsaturated/α-hetero) is 2. The third-order valence-corrected chi connectivity index (χ3v) is 6.68. The molecule has 1 aromatic rings. The standard InChI is InChI=1S/C20H18N2O10/c1-5-6-2-3-8(22(31)32)15(25)11(6)16(26)13-10(5)14(24)7-4-9(23)12(19(21)29)17(27)20(7,30)18(13)28/h2-3,5,7,10,14,24-27,30H,4H2,1H3,(H2,21,29)/t5-,7+,10+,14-,20+/m0/s1. The van der Waals surface area contributed by atoms with Crippen molar-refractivity contribution in [2.24, 2.45) is 17.6 Å². The smallest absolute Gasteiger partial charge is 0.311 e. The molecule has 0 unspecified atom stereocenters. The van der Waals surface area contributed by atoms with Crippen LogP contribution in [0.1, 0.15) is 30.4 Å². The minimum Gasteiger partial charge on any atom is -0.508 e. The number of phenols is 1. The molecule has 1 saturated carbocycles. The number of hydrogen-bond acceptors (Lipinski definition) is 10. The first-order valence-corrected chi connectivity index (χ1v) is 9.51. The van der Waals surface area contributed by atoms with E-state index in [1.165, 1.54) is 13.0 Å². The zero-order valence-corrected chi connectivity index (χ0v) is 16.5. The van der Waals surface area contributed by atoms with Gasteiger partial charge in [0.05, 0.1) is 16.6 Å². The van der Waals surface area contributed by atoms with Gasteiger partial charge in [0.2, 0.25) is 11.5 Å². The predicted octanol–water partition coefficient (Wildman–Crippen LogP) is -0.136. The molecule has 1 fully saturated rings. The average Bonchev–Trinajstić information content (AvgIpc) is 2.70. The van der Waals surface area contributed by atoms with E-state index >= 15 is 0 Å². The van der Waals surface area contributed by atoms with Crippen LogP contribution in [0.2, 0.25) is 0 Å². The molecule has 3 aliphatic carbocycles. The number of phenolic OH excluding ortho intramolecular Hbond substituents is 1. The van der Waals surface area contributed by atoms with Crippen molar-refractivity contribution in [1.29, 1.82) is 0 Å². The summed E-state index contributed by atoms with van der Waals surface area (Å²) in [5.74, 6) is -10.4. The molecular weight excluding hydrogens is 428 g/mol. The Morgan fingerprint density at radius 2 is 1.88 bits per heavy atom. The quantitative estimate of drug-likeness (QED) is 0.200. The molecule has 0 heterocycles. The van der Waals surface area contributed by atoms with Crippen molar-refractivity contribution < 1.29 is 44.8 Å². The van der Waals surface area contributed by atoms with Crippen LogP contribution in [0.15, 0.2) is 29.0 Å². The summed E-state index contributed by atoms with van der Waals surface area (Å²) in [4.78, 5) is 47.7. The Hall–Kier alpha value is -3.77. The van der Waals surface area contributed by atoms with E-state index < -0.39 is 97.9 Å². The van der Waals surface area contributed by atoms with Gasteiger partial charge in [0.25, 0.3) is 5.91 Å². The van der Waals surface area contributed by atoms with Gasteiger partial charge in [0.15, 0.2) is 11.4 Å². The van der Waals surface area contributed by atoms with Crippen LogP contribution >= 0.6 is 0 Å². The summed E-state index contributed by atoms with van der Waals surface area (Å²) in [5.41, 5.74) is -0.431. The summed E-state index contributed by atoms with van der Waals surface area (Å²) in [6.07, 6.45) is -2.34. The van der Waals surface area contributed by atoms with Gasteiger partial charge in [-0.3, -0.25) is 24.5 Å². The van der Waals surface area contributed by atoms with Crippen molar-refractivity contribution in [1.82, 2.24) is 0 Å². The van der Waals surface area contributed by atoms with Crippen molar-refractivity contribution >= 4 is 28.9 Å². The number of amides is 1. The Balaban J connectivity index is 2.03. The number of aliphatic hydroxyl groups is 4. The summed E-state index contributed by atoms with van der Waals surface area (Å²) < 4.78 is 0. The lowest BCUT2D eigenvalue weighted by Crippen LogP contribution is -2.63. The number of hydrogen-bond donors (Lipinski definition) is 6. The number of nitro benzene ring substituents is 1. The van der Waals surface area contributed by atoms with Crippen molar-refractivity contribution in [2.45, 2.75) is 31.0 Å². The number of ketones is 2. The number of carbonyl (C=O) groups excluding carboxylic acids is 3. The number of fused-ring (bicyclic) bond motifs is 3. The van der Waals surface area contributed by atoms with Gasteiger partial charge in [0.1, 0.15) is 17.1 Å². The third kappa shape index (κ3) is 2.41. The number of nitrogens with zero attached hydrogens (tertiary/aromatic N) is 1. The zero-order valence-electron chi connectivity index (χ0n) is 16.5. The third-order valence-electron chi connectivity index (χ3n) is 6.68. The molecule has 0 bridgehead atoms. The van der Waals surface area contributed by atoms with Gasteiger partial charge in [-0.15, -0.1) is 0 Å². The van der Waals surface area contributed by atoms with Crippen molar-refractivity contribution in [3.8, 4) is 5.75 Å². The molecule has 0 spiro atoms. The Bertz CT molecular complexity index is 1200. The molecule has 0 aromatic heterocycles. The van der Waals surface area contributed by atoms with Gasteiger partial charge < -0.3 is 31.3 Å². The number of carbonyl (C=O) groups is 3. The molecule has 1 amide bonds. The molecule has 4 rings (SSSR count). The lowest BCUT2D eigenvalue weighted by molar-refractivity contribution is -0.385. The fourth-order valence-electron chi connectivity index (χ4n) is 5.13. The Morgan fingerprint density at radius 3 is 2.44 bits per heavy atom. The molecule has 7 N–H and O–H groups in total. The van der Waals surface area contributed by atoms with Crippen molar-refractivity contribution in [2.75, 3.05) is 0 Å². The first-order valence-electron chi connectivity index (χ1n) is 9.51. The van der Waals surface area contributed by atoms with E-state index in [0.29, 0.717) is 0 Å². The van der Waals surface area contributed by atoms with E-state index in [4.69, 9.17) is 5.73 Å². The van der Waals surface area contributed by atoms with E-state index in [1.807, 2.05) is 0 Å². The first kappa shape index (κ1) is 21.5. The zero-order chi connectivity index (χ0) is 23.9. The highest BCUT2D eigenvalue weighted by Crippen LogP contribution is 2.56. The minimum absolute atomic E-state index is 0.191. The summed E-state index contributed by atoms with van der Waals surface area (Å²) in [7, 11) is 0. The molecule has 32 heavy (non-hydrogen) atoms. The second-order valence-corrected chi connectivity index (χ2v) is 8.14. The van der Waals surface area contributed by atoms with Crippen LogP contribution in [0, 0.1) is 22.0 Å². The number of benzene rings is 1. The van der Waals surface area contributed by atoms with Crippen molar-refractivity contribution in [3.63, 3.8) is 0 Å². The van der Waals surface area contributed by atoms with E-state index in [9.17, 15) is 50.0 Å². The van der Waals surface area contributed by atoms with E-state index in [2.05, 4.69) is 0 Å². The highest BCUT2D eigenvalue weighted by molar-refractivity contribution is 6.23. The van der Waals surface area contributed by atoms with Crippen LogP contribution in [0.5, 0.6) is 5.75 Å². The maximum Gasteiger partial charge on any atom is 0.311 e. The number of nitrogens with two attached hydrogens (primary N) is 1. The number of primary amides is 1. The van der Waals surface area contributed by atoms with Gasteiger partial charge in [-0.1, -0.05) is 13.0 Å². The van der Waals surface area contributed by atoms with Crippen molar-refractivity contribution in [3.05, 3.63) is 50.3 Å². The van der Waals surface area contributed by atoms with Crippen LogP contribution in [0.3, 0.4) is 0 Å². The number of rotatable bonds is 2. The SMILES string of the molecule is C[C@H]1c2ccc([N+](=O)[O-])c(O)c2C(O)=C2C(=O)[C@]3(O)C(O)=C(C(N)=O)C(=O)C[C@@H]3[C@H](O)[C@@H]21. The van der Waals surface area contributed by atoms with Gasteiger partial charge in [-0.2, -0.15) is 0 Å². The highest BCUT2D eigenvalue weighted by atomic mass is 16.6. The lowest BCUT2D eigenvalue weighted by atomic mass is 9.55. The minimum atomic E-state index is -2.95. The summed E-state index contributed by atoms with van der Waals surface area (Å²) in [6.45, 7) is 1.53. The molecule has 1 aromatic carbocycles. The monoisotopic (exact) mass is 446 g/mol. The molecule has 0 saturated heterocycles. The topological polar surface area (TPSA) is 222 Å². The molecule has 0 radical (unpaired) electrons. The van der Waals surface area contributed by atoms with Gasteiger partial charge in [0, 0.05) is 29.9 Å². The summed E-state index contributed by atoms with van der Waals surface area (Å²) >= 11 is 0. The number of aliphatic hydroxyl groups excluding tert-OH is 3. The van der Waals surface area contributed by atoms with Crippen LogP contribution < -0.4 is 5.73 Å². The fourth-order valence-corrected chi connectivity index (χ4v) is 5.13. The summed E-state index contributed by atoms with van der Waals surface area (Å²) in [6, 6.07) is 2.27. The average molecular weight is 446 g/mol. The molecule has 12 nitrogen and oxygen atoms in total. The molecule has 5 atom stereocenters. The van der Waals surface area contributed by atoms with Gasteiger partial charge in [-0.05, 0) is 11.5 Å². The number of aromatic hydroxyl groups is 1. The first-order chi connectivity index (χ1) is 14.8. The predicted molar refractivity (Wildman–Crippen MR) is 104 cm³/mol. The Labute approximate surface area is 179 Å². The largest absolute Gasteiger partial charge is 0.508 e. The molecule has 12 heteroatoms. The molecule has 3 aliphatic rings. The van der Waals surface area contributed by atoms with Crippen LogP contribution in [0.25, 0.3) is 5.76 Å². The normalized spacial score (nSPS) is 31.7. The van der Waals surface area contributed by atoms with E-state index in [-0.39, 0.29) is 5.56 Å². The fraction of sp³-hybridized carbons (Fsp3) is 0.350. The highest BCUT2D eigenvalue weighted by Gasteiger charge is 2.65. The molecule has 168 valence electrons. The summed E-state index contributed by atoms with van der Waals surface area (Å²) in [5, 5.41) is 65.1. The maximum atomic E-state index is 13.4. The second-order valence-electron chi connectivity index (χ2n) is 8.14. The Morgan fingerprint density at radius 1 is 1.25 bits per heavy atom. The van der Waals surface area contributed by atoms with E-state index in [0.717, 1.165) is 6.07 Å².